The van der Waals surface area contributed by atoms with Crippen LogP contribution in [0.4, 0.5) is 13.6 Å². The number of halogens is 2. The largest absolute Gasteiger partial charge is 0.465 e. The van der Waals surface area contributed by atoms with E-state index in [0.717, 1.165) is 34.1 Å². The van der Waals surface area contributed by atoms with E-state index in [0.29, 0.717) is 31.7 Å². The van der Waals surface area contributed by atoms with E-state index in [1.807, 2.05) is 0 Å². The molecule has 1 aromatic carbocycles. The van der Waals surface area contributed by atoms with Crippen LogP contribution in [0.1, 0.15) is 50.1 Å². The van der Waals surface area contributed by atoms with Gasteiger partial charge in [0.05, 0.1) is 24.0 Å². The summed E-state index contributed by atoms with van der Waals surface area (Å²) < 4.78 is 53.2. The van der Waals surface area contributed by atoms with Gasteiger partial charge in [-0.1, -0.05) is 0 Å². The van der Waals surface area contributed by atoms with Crippen LogP contribution in [0.25, 0.3) is 0 Å². The van der Waals surface area contributed by atoms with Gasteiger partial charge in [0.25, 0.3) is 10.0 Å². The third-order valence-corrected chi connectivity index (χ3v) is 7.33. The van der Waals surface area contributed by atoms with Gasteiger partial charge in [-0.25, -0.2) is 22.0 Å². The summed E-state index contributed by atoms with van der Waals surface area (Å²) in [6, 6.07) is 1.68. The highest BCUT2D eigenvalue weighted by atomic mass is 32.2. The zero-order chi connectivity index (χ0) is 25.0. The molecule has 0 bridgehead atoms. The molecule has 1 fully saturated rings. The SMILES string of the molecule is CC(C)(C)N(C(=O)O)[C@H]1C[C@@H](N2Cc3cn(S(C)(=O)=O)nc3C2)CN[C@@H]1c1cc(F)ccc1F. The summed E-state index contributed by atoms with van der Waals surface area (Å²) in [7, 11) is -3.48. The number of aromatic nitrogens is 2. The van der Waals surface area contributed by atoms with Crippen molar-refractivity contribution >= 4 is 16.1 Å². The zero-order valence-corrected chi connectivity index (χ0v) is 20.3. The molecule has 2 aromatic rings. The molecule has 34 heavy (non-hydrogen) atoms. The number of piperidine rings is 1. The molecule has 1 amide bonds. The van der Waals surface area contributed by atoms with Crippen molar-refractivity contribution in [3.05, 3.63) is 52.9 Å². The van der Waals surface area contributed by atoms with Crippen LogP contribution in [0.3, 0.4) is 0 Å². The molecule has 3 atom stereocenters. The van der Waals surface area contributed by atoms with Crippen LogP contribution in [0.15, 0.2) is 24.4 Å². The van der Waals surface area contributed by atoms with Crippen LogP contribution < -0.4 is 5.32 Å². The number of nitrogens with zero attached hydrogens (tertiary/aromatic N) is 4. The predicted molar refractivity (Wildman–Crippen MR) is 121 cm³/mol. The second-order valence-electron chi connectivity index (χ2n) is 9.97. The molecule has 186 valence electrons. The maximum atomic E-state index is 14.7. The minimum Gasteiger partial charge on any atom is -0.465 e. The van der Waals surface area contributed by atoms with Crippen molar-refractivity contribution in [1.29, 1.82) is 0 Å². The Labute approximate surface area is 197 Å². The Hall–Kier alpha value is -2.57. The Morgan fingerprint density at radius 2 is 1.97 bits per heavy atom. The molecule has 1 saturated heterocycles. The van der Waals surface area contributed by atoms with Gasteiger partial charge in [0.15, 0.2) is 0 Å². The summed E-state index contributed by atoms with van der Waals surface area (Å²) >= 11 is 0. The standard InChI is InChI=1S/C22H29F2N5O4S/c1-22(2,3)29(21(30)31)19-8-15(9-25-20(19)16-7-14(23)5-6-17(16)24)27-10-13-11-28(34(4,32)33)26-18(13)12-27/h5-7,11,15,19-20,25H,8-10,12H2,1-4H3,(H,30,31)/t15-,19+,20-/m1/s1. The molecular weight excluding hydrogens is 468 g/mol. The van der Waals surface area contributed by atoms with Crippen molar-refractivity contribution in [2.24, 2.45) is 0 Å². The second kappa shape index (κ2) is 8.58. The van der Waals surface area contributed by atoms with Crippen molar-refractivity contribution in [2.75, 3.05) is 12.8 Å². The van der Waals surface area contributed by atoms with Gasteiger partial charge in [-0.3, -0.25) is 9.80 Å². The summed E-state index contributed by atoms with van der Waals surface area (Å²) in [4.78, 5) is 15.7. The van der Waals surface area contributed by atoms with Crippen LogP contribution in [-0.4, -0.2) is 69.0 Å². The number of amides is 1. The average molecular weight is 498 g/mol. The minimum absolute atomic E-state index is 0.0909. The lowest BCUT2D eigenvalue weighted by Gasteiger charge is -2.48. The van der Waals surface area contributed by atoms with Gasteiger partial charge >= 0.3 is 6.09 Å². The fraction of sp³-hybridized carbons (Fsp3) is 0.545. The molecule has 0 spiro atoms. The van der Waals surface area contributed by atoms with Gasteiger partial charge in [0.1, 0.15) is 11.6 Å². The number of carbonyl (C=O) groups is 1. The number of carboxylic acid groups (broad SMARTS) is 1. The number of benzene rings is 1. The van der Waals surface area contributed by atoms with Gasteiger partial charge in [-0.05, 0) is 45.4 Å². The average Bonchev–Trinajstić information content (AvgIpc) is 3.28. The predicted octanol–water partition coefficient (Wildman–Crippen LogP) is 2.53. The molecule has 2 aliphatic rings. The van der Waals surface area contributed by atoms with E-state index in [4.69, 9.17) is 0 Å². The normalized spacial score (nSPS) is 23.6. The molecule has 0 saturated carbocycles. The smallest absolute Gasteiger partial charge is 0.408 e. The van der Waals surface area contributed by atoms with E-state index in [1.54, 1.807) is 20.8 Å². The summed E-state index contributed by atoms with van der Waals surface area (Å²) in [5.41, 5.74) is 0.761. The quantitative estimate of drug-likeness (QED) is 0.668. The van der Waals surface area contributed by atoms with E-state index in [-0.39, 0.29) is 11.6 Å². The second-order valence-corrected chi connectivity index (χ2v) is 11.8. The highest BCUT2D eigenvalue weighted by Crippen LogP contribution is 2.36. The van der Waals surface area contributed by atoms with Crippen LogP contribution in [0.2, 0.25) is 0 Å². The van der Waals surface area contributed by atoms with E-state index >= 15 is 0 Å². The molecule has 4 rings (SSSR count). The fourth-order valence-electron chi connectivity index (χ4n) is 5.01. The molecule has 9 nitrogen and oxygen atoms in total. The number of fused-ring (bicyclic) bond motifs is 1. The van der Waals surface area contributed by atoms with Crippen molar-refractivity contribution in [3.8, 4) is 0 Å². The Bertz CT molecular complexity index is 1190. The maximum absolute atomic E-state index is 14.7. The lowest BCUT2D eigenvalue weighted by molar-refractivity contribution is 0.0193. The Morgan fingerprint density at radius 1 is 1.26 bits per heavy atom. The molecule has 1 aromatic heterocycles. The Balaban J connectivity index is 1.63. The van der Waals surface area contributed by atoms with E-state index in [9.17, 15) is 27.1 Å². The van der Waals surface area contributed by atoms with Gasteiger partial charge in [-0.15, -0.1) is 0 Å². The zero-order valence-electron chi connectivity index (χ0n) is 19.5. The van der Waals surface area contributed by atoms with Crippen molar-refractivity contribution in [1.82, 2.24) is 24.3 Å². The Kier molecular flexibility index (Phi) is 6.19. The number of hydrogen-bond donors (Lipinski definition) is 2. The first-order chi connectivity index (χ1) is 15.8. The summed E-state index contributed by atoms with van der Waals surface area (Å²) in [6.07, 6.45) is 1.83. The van der Waals surface area contributed by atoms with Crippen LogP contribution in [0.5, 0.6) is 0 Å². The van der Waals surface area contributed by atoms with Crippen LogP contribution in [0, 0.1) is 11.6 Å². The van der Waals surface area contributed by atoms with Gasteiger partial charge in [0, 0.05) is 48.5 Å². The van der Waals surface area contributed by atoms with Crippen LogP contribution in [-0.2, 0) is 23.1 Å². The third-order valence-electron chi connectivity index (χ3n) is 6.46. The molecule has 12 heteroatoms. The van der Waals surface area contributed by atoms with Crippen LogP contribution >= 0.6 is 0 Å². The molecule has 0 unspecified atom stereocenters. The topological polar surface area (TPSA) is 108 Å². The van der Waals surface area contributed by atoms with Crippen molar-refractivity contribution < 1.29 is 27.1 Å². The Morgan fingerprint density at radius 3 is 2.56 bits per heavy atom. The molecule has 0 aliphatic carbocycles. The minimum atomic E-state index is -3.48. The van der Waals surface area contributed by atoms with E-state index in [2.05, 4.69) is 15.3 Å². The van der Waals surface area contributed by atoms with Crippen molar-refractivity contribution in [3.63, 3.8) is 0 Å². The molecule has 3 heterocycles. The van der Waals surface area contributed by atoms with Gasteiger partial charge in [-0.2, -0.15) is 9.19 Å². The highest BCUT2D eigenvalue weighted by Gasteiger charge is 2.44. The molecule has 2 N–H and O–H groups in total. The fourth-order valence-corrected chi connectivity index (χ4v) is 5.57. The first kappa shape index (κ1) is 24.6. The number of hydrogen-bond acceptors (Lipinski definition) is 6. The third kappa shape index (κ3) is 4.66. The van der Waals surface area contributed by atoms with E-state index in [1.165, 1.54) is 11.1 Å². The maximum Gasteiger partial charge on any atom is 0.408 e. The molecule has 2 aliphatic heterocycles. The molecule has 0 radical (unpaired) electrons. The van der Waals surface area contributed by atoms with E-state index < -0.39 is 45.4 Å². The first-order valence-corrected chi connectivity index (χ1v) is 12.8. The van der Waals surface area contributed by atoms with Gasteiger partial charge in [0.2, 0.25) is 0 Å². The lowest BCUT2D eigenvalue weighted by atomic mass is 9.85. The highest BCUT2D eigenvalue weighted by molar-refractivity contribution is 7.89. The number of nitrogens with one attached hydrogen (secondary N) is 1. The summed E-state index contributed by atoms with van der Waals surface area (Å²) in [6.45, 7) is 6.60. The van der Waals surface area contributed by atoms with Gasteiger partial charge < -0.3 is 10.4 Å². The lowest BCUT2D eigenvalue weighted by Crippen LogP contribution is -2.61. The summed E-state index contributed by atoms with van der Waals surface area (Å²) in [5.74, 6) is -1.19. The summed E-state index contributed by atoms with van der Waals surface area (Å²) in [5, 5.41) is 17.5. The molecular formula is C22H29F2N5O4S. The number of rotatable bonds is 4. The first-order valence-electron chi connectivity index (χ1n) is 11.0. The van der Waals surface area contributed by atoms with Crippen molar-refractivity contribution in [2.45, 2.75) is 63.9 Å². The monoisotopic (exact) mass is 497 g/mol.